The van der Waals surface area contributed by atoms with Crippen LogP contribution in [-0.2, 0) is 4.79 Å². The van der Waals surface area contributed by atoms with Gasteiger partial charge in [0.2, 0.25) is 0 Å². The molecule has 6 nitrogen and oxygen atoms in total. The molecule has 0 amide bonds. The average Bonchev–Trinajstić information content (AvgIpc) is 2.28. The molecule has 0 unspecified atom stereocenters. The van der Waals surface area contributed by atoms with Crippen molar-refractivity contribution < 1.29 is 19.6 Å². The number of aliphatic carboxylic acids is 1. The van der Waals surface area contributed by atoms with E-state index < -0.39 is 22.1 Å². The van der Waals surface area contributed by atoms with Crippen LogP contribution < -0.4 is 0 Å². The maximum absolute atomic E-state index is 11.9. The molecule has 1 N–H and O–H groups in total. The van der Waals surface area contributed by atoms with Gasteiger partial charge in [-0.2, -0.15) is 0 Å². The molecular weight excluding hydrogens is 238 g/mol. The monoisotopic (exact) mass is 251 g/mol. The van der Waals surface area contributed by atoms with Gasteiger partial charge in [0.25, 0.3) is 5.69 Å². The van der Waals surface area contributed by atoms with Crippen LogP contribution in [-0.4, -0.2) is 21.8 Å². The van der Waals surface area contributed by atoms with Crippen LogP contribution in [0.5, 0.6) is 0 Å². The van der Waals surface area contributed by atoms with Gasteiger partial charge in [-0.3, -0.25) is 19.7 Å². The van der Waals surface area contributed by atoms with E-state index >= 15 is 0 Å². The normalized spacial score (nSPS) is 11.0. The van der Waals surface area contributed by atoms with Crippen molar-refractivity contribution in [3.8, 4) is 0 Å². The van der Waals surface area contributed by atoms with Crippen molar-refractivity contribution in [2.45, 2.75) is 20.3 Å². The Kier molecular flexibility index (Phi) is 3.80. The number of carboxylic acids is 1. The van der Waals surface area contributed by atoms with Crippen LogP contribution in [0.1, 0.15) is 30.6 Å². The SMILES string of the molecule is CC(C)(CC(=O)c1cccc([N+](=O)[O-])c1)C(=O)O. The second kappa shape index (κ2) is 4.95. The van der Waals surface area contributed by atoms with Gasteiger partial charge in [-0.25, -0.2) is 0 Å². The van der Waals surface area contributed by atoms with E-state index in [2.05, 4.69) is 0 Å². The summed E-state index contributed by atoms with van der Waals surface area (Å²) in [7, 11) is 0. The summed E-state index contributed by atoms with van der Waals surface area (Å²) in [6, 6.07) is 5.27. The standard InChI is InChI=1S/C12H13NO5/c1-12(2,11(15)16)7-10(14)8-4-3-5-9(6-8)13(17)18/h3-6H,7H2,1-2H3,(H,15,16). The zero-order chi connectivity index (χ0) is 13.9. The molecule has 1 aromatic carbocycles. The van der Waals surface area contributed by atoms with Crippen LogP contribution >= 0.6 is 0 Å². The lowest BCUT2D eigenvalue weighted by atomic mass is 9.85. The largest absolute Gasteiger partial charge is 0.481 e. The number of nitrogens with zero attached hydrogens (tertiary/aromatic N) is 1. The minimum absolute atomic E-state index is 0.151. The molecule has 0 aromatic heterocycles. The van der Waals surface area contributed by atoms with Gasteiger partial charge < -0.3 is 5.11 Å². The lowest BCUT2D eigenvalue weighted by Gasteiger charge is -2.17. The van der Waals surface area contributed by atoms with Gasteiger partial charge >= 0.3 is 5.97 Å². The summed E-state index contributed by atoms with van der Waals surface area (Å²) in [6.07, 6.45) is -0.205. The third kappa shape index (κ3) is 3.13. The smallest absolute Gasteiger partial charge is 0.309 e. The molecule has 0 bridgehead atoms. The fourth-order valence-corrected chi connectivity index (χ4v) is 1.37. The lowest BCUT2D eigenvalue weighted by molar-refractivity contribution is -0.384. The van der Waals surface area contributed by atoms with Crippen LogP contribution in [0.15, 0.2) is 24.3 Å². The third-order valence-corrected chi connectivity index (χ3v) is 2.56. The minimum atomic E-state index is -1.19. The molecule has 0 atom stereocenters. The van der Waals surface area contributed by atoms with Crippen molar-refractivity contribution in [1.82, 2.24) is 0 Å². The second-order valence-corrected chi connectivity index (χ2v) is 4.60. The van der Waals surface area contributed by atoms with Gasteiger partial charge in [0.15, 0.2) is 5.78 Å². The number of nitro benzene ring substituents is 1. The number of benzene rings is 1. The summed E-state index contributed by atoms with van der Waals surface area (Å²) in [5.41, 5.74) is -1.23. The van der Waals surface area contributed by atoms with E-state index in [1.54, 1.807) is 0 Å². The van der Waals surface area contributed by atoms with Crippen molar-refractivity contribution >= 4 is 17.4 Å². The Hall–Kier alpha value is -2.24. The maximum atomic E-state index is 11.9. The van der Waals surface area contributed by atoms with Gasteiger partial charge in [-0.15, -0.1) is 0 Å². The molecule has 0 fully saturated rings. The Bertz CT molecular complexity index is 507. The Morgan fingerprint density at radius 2 is 2.00 bits per heavy atom. The summed E-state index contributed by atoms with van der Waals surface area (Å²) in [5.74, 6) is -1.51. The van der Waals surface area contributed by atoms with Crippen LogP contribution in [0.2, 0.25) is 0 Å². The first-order valence-corrected chi connectivity index (χ1v) is 5.25. The number of rotatable bonds is 5. The molecule has 6 heteroatoms. The highest BCUT2D eigenvalue weighted by atomic mass is 16.6. The van der Waals surface area contributed by atoms with E-state index in [1.807, 2.05) is 0 Å². The molecule has 0 heterocycles. The zero-order valence-electron chi connectivity index (χ0n) is 10.0. The molecule has 0 aliphatic carbocycles. The molecule has 1 rings (SSSR count). The van der Waals surface area contributed by atoms with Gasteiger partial charge in [0.1, 0.15) is 0 Å². The summed E-state index contributed by atoms with van der Waals surface area (Å²) < 4.78 is 0. The Morgan fingerprint density at radius 3 is 2.50 bits per heavy atom. The number of carbonyl (C=O) groups is 2. The summed E-state index contributed by atoms with van der Waals surface area (Å²) in [4.78, 5) is 32.7. The van der Waals surface area contributed by atoms with Gasteiger partial charge in [-0.1, -0.05) is 12.1 Å². The number of hydrogen-bond donors (Lipinski definition) is 1. The molecule has 0 spiro atoms. The maximum Gasteiger partial charge on any atom is 0.309 e. The van der Waals surface area contributed by atoms with Crippen molar-refractivity contribution in [3.63, 3.8) is 0 Å². The first-order chi connectivity index (χ1) is 8.24. The highest BCUT2D eigenvalue weighted by Crippen LogP contribution is 2.24. The van der Waals surface area contributed by atoms with Crippen molar-refractivity contribution in [2.75, 3.05) is 0 Å². The zero-order valence-corrected chi connectivity index (χ0v) is 10.0. The van der Waals surface area contributed by atoms with Crippen LogP contribution in [0.25, 0.3) is 0 Å². The van der Waals surface area contributed by atoms with E-state index in [9.17, 15) is 19.7 Å². The number of hydrogen-bond acceptors (Lipinski definition) is 4. The Morgan fingerprint density at radius 1 is 1.39 bits per heavy atom. The fourth-order valence-electron chi connectivity index (χ4n) is 1.37. The van der Waals surface area contributed by atoms with Gasteiger partial charge in [-0.05, 0) is 13.8 Å². The molecule has 0 saturated heterocycles. The fraction of sp³-hybridized carbons (Fsp3) is 0.333. The molecule has 0 aliphatic heterocycles. The Labute approximate surface area is 103 Å². The molecule has 18 heavy (non-hydrogen) atoms. The van der Waals surface area contributed by atoms with E-state index in [0.717, 1.165) is 6.07 Å². The summed E-state index contributed by atoms with van der Waals surface area (Å²) in [6.45, 7) is 2.87. The van der Waals surface area contributed by atoms with E-state index in [1.165, 1.54) is 32.0 Å². The molecule has 0 radical (unpaired) electrons. The average molecular weight is 251 g/mol. The number of carbonyl (C=O) groups excluding carboxylic acids is 1. The first-order valence-electron chi connectivity index (χ1n) is 5.25. The molecule has 1 aromatic rings. The predicted octanol–water partition coefficient (Wildman–Crippen LogP) is 2.28. The van der Waals surface area contributed by atoms with Crippen LogP contribution in [0, 0.1) is 15.5 Å². The van der Waals surface area contributed by atoms with Crippen molar-refractivity contribution in [1.29, 1.82) is 0 Å². The second-order valence-electron chi connectivity index (χ2n) is 4.60. The quantitative estimate of drug-likeness (QED) is 0.491. The van der Waals surface area contributed by atoms with Gasteiger partial charge in [0.05, 0.1) is 10.3 Å². The minimum Gasteiger partial charge on any atom is -0.481 e. The first kappa shape index (κ1) is 13.8. The molecular formula is C12H13NO5. The number of carboxylic acid groups (broad SMARTS) is 1. The number of nitro groups is 1. The highest BCUT2D eigenvalue weighted by Gasteiger charge is 2.30. The molecule has 0 saturated carbocycles. The summed E-state index contributed by atoms with van der Waals surface area (Å²) >= 11 is 0. The summed E-state index contributed by atoms with van der Waals surface area (Å²) in [5, 5.41) is 19.5. The Balaban J connectivity index is 2.95. The van der Waals surface area contributed by atoms with E-state index in [-0.39, 0.29) is 17.7 Å². The van der Waals surface area contributed by atoms with Crippen molar-refractivity contribution in [3.05, 3.63) is 39.9 Å². The number of Topliss-reactive ketones (excluding diaryl/α,β-unsaturated/α-hetero) is 1. The third-order valence-electron chi connectivity index (χ3n) is 2.56. The van der Waals surface area contributed by atoms with Gasteiger partial charge in [0, 0.05) is 24.1 Å². The lowest BCUT2D eigenvalue weighted by Crippen LogP contribution is -2.26. The van der Waals surface area contributed by atoms with Crippen LogP contribution in [0.3, 0.4) is 0 Å². The topological polar surface area (TPSA) is 97.5 Å². The van der Waals surface area contributed by atoms with Crippen LogP contribution in [0.4, 0.5) is 5.69 Å². The number of non-ortho nitro benzene ring substituents is 1. The molecule has 0 aliphatic rings. The molecule has 96 valence electrons. The van der Waals surface area contributed by atoms with E-state index in [0.29, 0.717) is 0 Å². The van der Waals surface area contributed by atoms with Crippen molar-refractivity contribution in [2.24, 2.45) is 5.41 Å². The highest BCUT2D eigenvalue weighted by molar-refractivity contribution is 5.99. The predicted molar refractivity (Wildman–Crippen MR) is 63.5 cm³/mol. The number of ketones is 1. The van der Waals surface area contributed by atoms with E-state index in [4.69, 9.17) is 5.11 Å².